The summed E-state index contributed by atoms with van der Waals surface area (Å²) < 4.78 is 20.1. The molecule has 3 aromatic rings. The van der Waals surface area contributed by atoms with Gasteiger partial charge in [0.15, 0.2) is 5.78 Å². The second-order valence-corrected chi connectivity index (χ2v) is 6.34. The van der Waals surface area contributed by atoms with Crippen LogP contribution in [0.3, 0.4) is 0 Å². The molecule has 1 aliphatic heterocycles. The van der Waals surface area contributed by atoms with Crippen molar-refractivity contribution in [2.24, 2.45) is 0 Å². The number of anilines is 3. The molecule has 1 aromatic carbocycles. The van der Waals surface area contributed by atoms with Gasteiger partial charge in [-0.05, 0) is 30.3 Å². The van der Waals surface area contributed by atoms with E-state index in [9.17, 15) is 9.18 Å². The fourth-order valence-electron chi connectivity index (χ4n) is 2.85. The van der Waals surface area contributed by atoms with E-state index in [1.165, 1.54) is 23.7 Å². The van der Waals surface area contributed by atoms with Gasteiger partial charge in [-0.2, -0.15) is 15.1 Å². The van der Waals surface area contributed by atoms with E-state index in [1.54, 1.807) is 24.4 Å². The molecule has 0 radical (unpaired) electrons. The number of nitrogens with one attached hydrogen (secondary N) is 1. The molecule has 0 aliphatic carbocycles. The van der Waals surface area contributed by atoms with Crippen LogP contribution in [0.4, 0.5) is 21.7 Å². The van der Waals surface area contributed by atoms with Gasteiger partial charge in [-0.15, -0.1) is 0 Å². The summed E-state index contributed by atoms with van der Waals surface area (Å²) in [5, 5.41) is 7.41. The van der Waals surface area contributed by atoms with Gasteiger partial charge in [-0.1, -0.05) is 0 Å². The molecule has 0 atom stereocenters. The molecule has 8 nitrogen and oxygen atoms in total. The van der Waals surface area contributed by atoms with Crippen LogP contribution in [0.1, 0.15) is 17.4 Å². The quantitative estimate of drug-likeness (QED) is 0.679. The van der Waals surface area contributed by atoms with Crippen molar-refractivity contribution in [3.05, 3.63) is 54.1 Å². The van der Waals surface area contributed by atoms with Crippen LogP contribution in [-0.4, -0.2) is 51.8 Å². The number of ether oxygens (including phenoxy) is 1. The smallest absolute Gasteiger partial charge is 0.254 e. The number of hydrogen-bond donors (Lipinski definition) is 1. The molecule has 1 N–H and O–H groups in total. The van der Waals surface area contributed by atoms with Crippen molar-refractivity contribution in [3.8, 4) is 5.95 Å². The van der Waals surface area contributed by atoms with E-state index < -0.39 is 0 Å². The van der Waals surface area contributed by atoms with Crippen LogP contribution >= 0.6 is 0 Å². The van der Waals surface area contributed by atoms with Crippen molar-refractivity contribution in [3.63, 3.8) is 0 Å². The number of benzene rings is 1. The van der Waals surface area contributed by atoms with Gasteiger partial charge in [0.1, 0.15) is 23.1 Å². The number of morpholine rings is 1. The lowest BCUT2D eigenvalue weighted by Gasteiger charge is -2.28. The van der Waals surface area contributed by atoms with E-state index in [2.05, 4.69) is 25.3 Å². The van der Waals surface area contributed by atoms with E-state index in [0.29, 0.717) is 49.5 Å². The highest BCUT2D eigenvalue weighted by Gasteiger charge is 2.17. The first-order chi connectivity index (χ1) is 13.6. The Morgan fingerprint density at radius 1 is 1.14 bits per heavy atom. The van der Waals surface area contributed by atoms with Crippen LogP contribution in [0.2, 0.25) is 0 Å². The summed E-state index contributed by atoms with van der Waals surface area (Å²) in [6.07, 6.45) is 1.65. The molecule has 1 saturated heterocycles. The Morgan fingerprint density at radius 2 is 1.89 bits per heavy atom. The van der Waals surface area contributed by atoms with E-state index in [0.717, 1.165) is 5.82 Å². The maximum absolute atomic E-state index is 13.2. The average molecular weight is 382 g/mol. The minimum absolute atomic E-state index is 0.132. The molecule has 28 heavy (non-hydrogen) atoms. The number of rotatable bonds is 5. The predicted octanol–water partition coefficient (Wildman–Crippen LogP) is 2.58. The van der Waals surface area contributed by atoms with Crippen molar-refractivity contribution in [1.82, 2.24) is 19.7 Å². The maximum Gasteiger partial charge on any atom is 0.254 e. The molecule has 1 aliphatic rings. The van der Waals surface area contributed by atoms with Crippen molar-refractivity contribution >= 4 is 23.1 Å². The molecular weight excluding hydrogens is 363 g/mol. The number of carbonyl (C=O) groups excluding carboxylic acids is 1. The first kappa shape index (κ1) is 18.1. The third kappa shape index (κ3) is 3.99. The molecule has 0 unspecified atom stereocenters. The Hall–Kier alpha value is -3.33. The Bertz CT molecular complexity index is 982. The van der Waals surface area contributed by atoms with Gasteiger partial charge in [-0.25, -0.2) is 9.07 Å². The Kier molecular flexibility index (Phi) is 4.98. The van der Waals surface area contributed by atoms with Crippen LogP contribution in [0.5, 0.6) is 0 Å². The molecule has 3 heterocycles. The van der Waals surface area contributed by atoms with Gasteiger partial charge in [0, 0.05) is 38.0 Å². The standard InChI is InChI=1S/C19H19FN6O2/c1-13(27)16-6-7-26(24-16)19-22-17(21-15-4-2-14(20)3-5-15)12-18(23-19)25-8-10-28-11-9-25/h2-7,12H,8-11H2,1H3,(H,21,22,23). The molecule has 1 fully saturated rings. The minimum Gasteiger partial charge on any atom is -0.378 e. The van der Waals surface area contributed by atoms with Gasteiger partial charge >= 0.3 is 0 Å². The lowest BCUT2D eigenvalue weighted by Crippen LogP contribution is -2.37. The Morgan fingerprint density at radius 3 is 2.57 bits per heavy atom. The summed E-state index contributed by atoms with van der Waals surface area (Å²) in [6.45, 7) is 4.13. The van der Waals surface area contributed by atoms with E-state index in [1.807, 2.05) is 6.07 Å². The molecule has 0 amide bonds. The van der Waals surface area contributed by atoms with Crippen molar-refractivity contribution in [2.45, 2.75) is 6.92 Å². The largest absolute Gasteiger partial charge is 0.378 e. The number of nitrogens with zero attached hydrogens (tertiary/aromatic N) is 5. The summed E-state index contributed by atoms with van der Waals surface area (Å²) in [6, 6.07) is 9.47. The first-order valence-electron chi connectivity index (χ1n) is 8.90. The second-order valence-electron chi connectivity index (χ2n) is 6.34. The molecule has 0 saturated carbocycles. The summed E-state index contributed by atoms with van der Waals surface area (Å²) >= 11 is 0. The highest BCUT2D eigenvalue weighted by Crippen LogP contribution is 2.22. The maximum atomic E-state index is 13.2. The lowest BCUT2D eigenvalue weighted by atomic mass is 10.3. The molecular formula is C19H19FN6O2. The fraction of sp³-hybridized carbons (Fsp3) is 0.263. The fourth-order valence-corrected chi connectivity index (χ4v) is 2.85. The van der Waals surface area contributed by atoms with Crippen LogP contribution in [-0.2, 0) is 4.74 Å². The number of ketones is 1. The van der Waals surface area contributed by atoms with Crippen LogP contribution in [0.25, 0.3) is 5.95 Å². The summed E-state index contributed by atoms with van der Waals surface area (Å²) in [4.78, 5) is 22.8. The normalized spacial score (nSPS) is 14.1. The van der Waals surface area contributed by atoms with E-state index >= 15 is 0 Å². The third-order valence-electron chi connectivity index (χ3n) is 4.31. The van der Waals surface area contributed by atoms with Gasteiger partial charge < -0.3 is 15.0 Å². The average Bonchev–Trinajstić information content (AvgIpc) is 3.21. The van der Waals surface area contributed by atoms with E-state index in [4.69, 9.17) is 4.74 Å². The molecule has 4 rings (SSSR count). The molecule has 2 aromatic heterocycles. The Balaban J connectivity index is 1.71. The first-order valence-corrected chi connectivity index (χ1v) is 8.90. The number of Topliss-reactive ketones (excluding diaryl/α,β-unsaturated/α-hetero) is 1. The van der Waals surface area contributed by atoms with Crippen molar-refractivity contribution in [1.29, 1.82) is 0 Å². The number of aromatic nitrogens is 4. The zero-order valence-corrected chi connectivity index (χ0v) is 15.3. The highest BCUT2D eigenvalue weighted by atomic mass is 19.1. The summed E-state index contributed by atoms with van der Waals surface area (Å²) in [5.41, 5.74) is 1.04. The zero-order valence-electron chi connectivity index (χ0n) is 15.3. The second kappa shape index (κ2) is 7.73. The summed E-state index contributed by atoms with van der Waals surface area (Å²) in [5.74, 6) is 1.15. The highest BCUT2D eigenvalue weighted by molar-refractivity contribution is 5.91. The topological polar surface area (TPSA) is 85.2 Å². The van der Waals surface area contributed by atoms with Gasteiger partial charge in [0.25, 0.3) is 5.95 Å². The molecule has 0 bridgehead atoms. The predicted molar refractivity (Wildman–Crippen MR) is 102 cm³/mol. The lowest BCUT2D eigenvalue weighted by molar-refractivity contribution is 0.101. The monoisotopic (exact) mass is 382 g/mol. The molecule has 9 heteroatoms. The number of hydrogen-bond acceptors (Lipinski definition) is 7. The van der Waals surface area contributed by atoms with Gasteiger partial charge in [0.05, 0.1) is 13.2 Å². The van der Waals surface area contributed by atoms with Gasteiger partial charge in [-0.3, -0.25) is 4.79 Å². The van der Waals surface area contributed by atoms with E-state index in [-0.39, 0.29) is 11.6 Å². The molecule has 0 spiro atoms. The van der Waals surface area contributed by atoms with Crippen molar-refractivity contribution in [2.75, 3.05) is 36.5 Å². The third-order valence-corrected chi connectivity index (χ3v) is 4.31. The number of carbonyl (C=O) groups is 1. The minimum atomic E-state index is -0.309. The van der Waals surface area contributed by atoms with Gasteiger partial charge in [0.2, 0.25) is 0 Å². The van der Waals surface area contributed by atoms with Crippen LogP contribution < -0.4 is 10.2 Å². The van der Waals surface area contributed by atoms with Crippen LogP contribution in [0.15, 0.2) is 42.6 Å². The van der Waals surface area contributed by atoms with Crippen LogP contribution in [0, 0.1) is 5.82 Å². The SMILES string of the molecule is CC(=O)c1ccn(-c2nc(Nc3ccc(F)cc3)cc(N3CCOCC3)n2)n1. The number of halogens is 1. The zero-order chi connectivity index (χ0) is 19.5. The van der Waals surface area contributed by atoms with Crippen molar-refractivity contribution < 1.29 is 13.9 Å². The Labute approximate surface area is 161 Å². The summed E-state index contributed by atoms with van der Waals surface area (Å²) in [7, 11) is 0. The molecule has 144 valence electrons.